The Morgan fingerprint density at radius 2 is 2.00 bits per heavy atom. The fourth-order valence-corrected chi connectivity index (χ4v) is 3.40. The highest BCUT2D eigenvalue weighted by Crippen LogP contribution is 2.45. The molecule has 1 saturated heterocycles. The molecule has 5 atom stereocenters. The number of aliphatic hydroxyl groups is 2. The zero-order valence-electron chi connectivity index (χ0n) is 15.4. The van der Waals surface area contributed by atoms with Gasteiger partial charge in [0.05, 0.1) is 17.8 Å². The van der Waals surface area contributed by atoms with Gasteiger partial charge in [-0.2, -0.15) is 0 Å². The van der Waals surface area contributed by atoms with Crippen LogP contribution >= 0.6 is 0 Å². The van der Waals surface area contributed by atoms with E-state index in [0.29, 0.717) is 12.3 Å². The second-order valence-electron chi connectivity index (χ2n) is 8.16. The van der Waals surface area contributed by atoms with Gasteiger partial charge in [-0.25, -0.2) is 0 Å². The summed E-state index contributed by atoms with van der Waals surface area (Å²) in [6.45, 7) is 10.3. The first-order valence-electron chi connectivity index (χ1n) is 9.10. The predicted octanol–water partition coefficient (Wildman–Crippen LogP) is 3.99. The van der Waals surface area contributed by atoms with Crippen molar-refractivity contribution in [3.05, 3.63) is 23.8 Å². The van der Waals surface area contributed by atoms with Crippen LogP contribution in [0, 0.1) is 11.8 Å². The summed E-state index contributed by atoms with van der Waals surface area (Å²) in [5.74, 6) is 0.473. The van der Waals surface area contributed by atoms with Crippen molar-refractivity contribution in [1.29, 1.82) is 0 Å². The number of rotatable bonds is 1. The number of fused-ring (bicyclic) bond motifs is 1. The molecule has 3 heteroatoms. The predicted molar refractivity (Wildman–Crippen MR) is 94.2 cm³/mol. The van der Waals surface area contributed by atoms with Crippen LogP contribution in [0.2, 0.25) is 0 Å². The summed E-state index contributed by atoms with van der Waals surface area (Å²) in [6, 6.07) is 0. The van der Waals surface area contributed by atoms with Crippen molar-refractivity contribution < 1.29 is 14.9 Å². The van der Waals surface area contributed by atoms with Crippen LogP contribution in [0.3, 0.4) is 0 Å². The summed E-state index contributed by atoms with van der Waals surface area (Å²) in [5.41, 5.74) is -0.0836. The highest BCUT2D eigenvalue weighted by Gasteiger charge is 2.58. The summed E-state index contributed by atoms with van der Waals surface area (Å²) in [4.78, 5) is 0. The van der Waals surface area contributed by atoms with E-state index in [-0.39, 0.29) is 12.0 Å². The largest absolute Gasteiger partial charge is 0.390 e. The van der Waals surface area contributed by atoms with Crippen molar-refractivity contribution >= 4 is 0 Å². The van der Waals surface area contributed by atoms with Crippen molar-refractivity contribution in [2.24, 2.45) is 11.8 Å². The Labute approximate surface area is 141 Å². The van der Waals surface area contributed by atoms with E-state index >= 15 is 0 Å². The molecule has 0 aromatic rings. The van der Waals surface area contributed by atoms with Crippen LogP contribution in [-0.4, -0.2) is 33.6 Å². The lowest BCUT2D eigenvalue weighted by atomic mass is 9.80. The molecule has 0 amide bonds. The van der Waals surface area contributed by atoms with Crippen LogP contribution in [-0.2, 0) is 4.74 Å². The molecule has 0 aromatic heterocycles. The fraction of sp³-hybridized carbons (Fsp3) is 0.800. The Bertz CT molecular complexity index is 468. The molecule has 0 spiro atoms. The molecule has 0 unspecified atom stereocenters. The number of aliphatic hydroxyl groups excluding tert-OH is 1. The van der Waals surface area contributed by atoms with E-state index in [1.165, 1.54) is 5.57 Å². The first-order valence-corrected chi connectivity index (χ1v) is 9.10. The van der Waals surface area contributed by atoms with Gasteiger partial charge in [-0.05, 0) is 51.4 Å². The number of ether oxygens (including phenoxy) is 1. The summed E-state index contributed by atoms with van der Waals surface area (Å²) in [6.07, 6.45) is 10.2. The van der Waals surface area contributed by atoms with E-state index < -0.39 is 17.3 Å². The Hall–Kier alpha value is -0.640. The van der Waals surface area contributed by atoms with Crippen LogP contribution in [0.15, 0.2) is 23.8 Å². The van der Waals surface area contributed by atoms with Crippen molar-refractivity contribution in [2.75, 3.05) is 0 Å². The normalized spacial score (nSPS) is 46.4. The molecule has 0 aromatic carbocycles. The van der Waals surface area contributed by atoms with Gasteiger partial charge in [0.1, 0.15) is 5.60 Å². The van der Waals surface area contributed by atoms with Gasteiger partial charge in [-0.15, -0.1) is 0 Å². The van der Waals surface area contributed by atoms with Crippen molar-refractivity contribution in [2.45, 2.75) is 90.1 Å². The smallest absolute Gasteiger partial charge is 0.118 e. The topological polar surface area (TPSA) is 53.0 Å². The van der Waals surface area contributed by atoms with E-state index in [1.54, 1.807) is 0 Å². The van der Waals surface area contributed by atoms with Crippen LogP contribution in [0.25, 0.3) is 0 Å². The average molecular weight is 322 g/mol. The second kappa shape index (κ2) is 7.08. The summed E-state index contributed by atoms with van der Waals surface area (Å²) >= 11 is 0. The highest BCUT2D eigenvalue weighted by molar-refractivity contribution is 5.13. The molecule has 1 heterocycles. The van der Waals surface area contributed by atoms with Gasteiger partial charge in [-0.3, -0.25) is 0 Å². The maximum atomic E-state index is 11.0. The molecule has 2 aliphatic rings. The third-order valence-electron chi connectivity index (χ3n) is 5.79. The number of hydrogen-bond donors (Lipinski definition) is 2. The zero-order chi connectivity index (χ0) is 17.3. The molecular formula is C20H34O3. The van der Waals surface area contributed by atoms with E-state index in [9.17, 15) is 10.2 Å². The summed E-state index contributed by atoms with van der Waals surface area (Å²) in [5, 5.41) is 21.7. The van der Waals surface area contributed by atoms with E-state index in [2.05, 4.69) is 26.0 Å². The van der Waals surface area contributed by atoms with Gasteiger partial charge in [0.2, 0.25) is 0 Å². The lowest BCUT2D eigenvalue weighted by Gasteiger charge is -2.33. The molecule has 2 rings (SSSR count). The first-order chi connectivity index (χ1) is 10.7. The van der Waals surface area contributed by atoms with Crippen LogP contribution < -0.4 is 0 Å². The van der Waals surface area contributed by atoms with Crippen molar-refractivity contribution in [3.63, 3.8) is 0 Å². The van der Waals surface area contributed by atoms with Crippen molar-refractivity contribution in [3.8, 4) is 0 Å². The van der Waals surface area contributed by atoms with E-state index in [4.69, 9.17) is 4.74 Å². The third-order valence-corrected chi connectivity index (χ3v) is 5.79. The van der Waals surface area contributed by atoms with Crippen LogP contribution in [0.4, 0.5) is 0 Å². The Balaban J connectivity index is 2.21. The lowest BCUT2D eigenvalue weighted by Crippen LogP contribution is -2.42. The third kappa shape index (κ3) is 4.46. The maximum absolute atomic E-state index is 11.0. The molecule has 1 aliphatic carbocycles. The molecule has 132 valence electrons. The summed E-state index contributed by atoms with van der Waals surface area (Å²) < 4.78 is 5.82. The molecular weight excluding hydrogens is 288 g/mol. The monoisotopic (exact) mass is 322 g/mol. The first kappa shape index (κ1) is 18.7. The van der Waals surface area contributed by atoms with Gasteiger partial charge < -0.3 is 14.9 Å². The van der Waals surface area contributed by atoms with E-state index in [0.717, 1.165) is 25.7 Å². The van der Waals surface area contributed by atoms with Crippen molar-refractivity contribution in [1.82, 2.24) is 0 Å². The standard InChI is InChI=1S/C20H34O3/c1-14(2)20(22)12-11-16(4)8-6-7-15(3)9-10-18-19(5,23-18)17(21)13-20/h7,11-12,14,16-18,21-22H,6,8-10,13H2,1-5H3/b12-11+,15-7+/t16-,17+,18-,19-,20-/m0/s1. The number of epoxide rings is 1. The number of hydrogen-bond acceptors (Lipinski definition) is 3. The molecule has 0 radical (unpaired) electrons. The second-order valence-corrected chi connectivity index (χ2v) is 8.16. The minimum atomic E-state index is -0.983. The van der Waals surface area contributed by atoms with Gasteiger partial charge >= 0.3 is 0 Å². The van der Waals surface area contributed by atoms with Gasteiger partial charge in [0.25, 0.3) is 0 Å². The van der Waals surface area contributed by atoms with Gasteiger partial charge in [0.15, 0.2) is 0 Å². The number of allylic oxidation sites excluding steroid dienone is 3. The van der Waals surface area contributed by atoms with Gasteiger partial charge in [-0.1, -0.05) is 44.6 Å². The van der Waals surface area contributed by atoms with Gasteiger partial charge in [0, 0.05) is 6.42 Å². The fourth-order valence-electron chi connectivity index (χ4n) is 3.40. The molecule has 0 saturated carbocycles. The Morgan fingerprint density at radius 3 is 2.65 bits per heavy atom. The molecule has 0 bridgehead atoms. The minimum absolute atomic E-state index is 0.0523. The highest BCUT2D eigenvalue weighted by atomic mass is 16.6. The molecule has 1 fully saturated rings. The molecule has 2 N–H and O–H groups in total. The molecule has 1 aliphatic heterocycles. The molecule has 23 heavy (non-hydrogen) atoms. The van der Waals surface area contributed by atoms with Crippen LogP contribution in [0.5, 0.6) is 0 Å². The quantitative estimate of drug-likeness (QED) is 0.567. The zero-order valence-corrected chi connectivity index (χ0v) is 15.4. The van der Waals surface area contributed by atoms with Crippen LogP contribution in [0.1, 0.15) is 66.7 Å². The summed E-state index contributed by atoms with van der Waals surface area (Å²) in [7, 11) is 0. The molecule has 3 nitrogen and oxygen atoms in total. The minimum Gasteiger partial charge on any atom is -0.390 e. The Kier molecular flexibility index (Phi) is 5.76. The maximum Gasteiger partial charge on any atom is 0.118 e. The SMILES string of the molecule is C/C1=C\CC[C@H](C)/C=C/[C@@](O)(C(C)C)C[C@@H](O)[C@]2(C)O[C@H]2CC1. The average Bonchev–Trinajstić information content (AvgIpc) is 3.14. The van der Waals surface area contributed by atoms with E-state index in [1.807, 2.05) is 26.8 Å². The lowest BCUT2D eigenvalue weighted by molar-refractivity contribution is -0.0296. The Morgan fingerprint density at radius 1 is 1.30 bits per heavy atom.